The second-order valence-electron chi connectivity index (χ2n) is 9.98. The number of piperazine rings is 1. The van der Waals surface area contributed by atoms with Gasteiger partial charge in [-0.15, -0.1) is 0 Å². The fraction of sp³-hybridized carbons (Fsp3) is 0.640. The van der Waals surface area contributed by atoms with Gasteiger partial charge in [-0.25, -0.2) is 4.79 Å². The summed E-state index contributed by atoms with van der Waals surface area (Å²) in [5.74, 6) is 2.07. The number of methoxy groups -OCH3 is 1. The zero-order valence-corrected chi connectivity index (χ0v) is 19.4. The third kappa shape index (κ3) is 4.80. The largest absolute Gasteiger partial charge is 0.497 e. The quantitative estimate of drug-likeness (QED) is 0.742. The summed E-state index contributed by atoms with van der Waals surface area (Å²) in [6.07, 6.45) is 5.74. The predicted molar refractivity (Wildman–Crippen MR) is 124 cm³/mol. The Morgan fingerprint density at radius 2 is 1.52 bits per heavy atom. The first-order valence-electron chi connectivity index (χ1n) is 12.3. The molecule has 33 heavy (non-hydrogen) atoms. The molecule has 8 nitrogen and oxygen atoms in total. The van der Waals surface area contributed by atoms with Gasteiger partial charge in [-0.3, -0.25) is 9.59 Å². The van der Waals surface area contributed by atoms with Crippen molar-refractivity contribution in [2.24, 2.45) is 17.8 Å². The van der Waals surface area contributed by atoms with Crippen molar-refractivity contribution in [1.29, 1.82) is 0 Å². The van der Waals surface area contributed by atoms with Crippen LogP contribution < -0.4 is 10.1 Å². The molecule has 1 aromatic rings. The molecule has 1 N–H and O–H groups in total. The molecule has 0 spiro atoms. The number of urea groups is 1. The summed E-state index contributed by atoms with van der Waals surface area (Å²) in [7, 11) is 1.65. The van der Waals surface area contributed by atoms with Gasteiger partial charge in [0.15, 0.2) is 0 Å². The molecule has 4 aliphatic rings. The summed E-state index contributed by atoms with van der Waals surface area (Å²) >= 11 is 0. The number of ether oxygens (including phenoxy) is 1. The Hall–Kier alpha value is -2.77. The molecule has 178 valence electrons. The van der Waals surface area contributed by atoms with Crippen molar-refractivity contribution in [3.8, 4) is 5.75 Å². The van der Waals surface area contributed by atoms with Gasteiger partial charge in [0.2, 0.25) is 11.8 Å². The Kier molecular flexibility index (Phi) is 6.17. The molecule has 2 aliphatic heterocycles. The van der Waals surface area contributed by atoms with Crippen molar-refractivity contribution in [1.82, 2.24) is 14.7 Å². The van der Waals surface area contributed by atoms with E-state index in [0.717, 1.165) is 55.5 Å². The van der Waals surface area contributed by atoms with Gasteiger partial charge in [-0.1, -0.05) is 0 Å². The van der Waals surface area contributed by atoms with Crippen molar-refractivity contribution in [2.75, 3.05) is 45.2 Å². The highest BCUT2D eigenvalue weighted by Crippen LogP contribution is 2.34. The van der Waals surface area contributed by atoms with Gasteiger partial charge >= 0.3 is 6.03 Å². The van der Waals surface area contributed by atoms with E-state index in [1.165, 1.54) is 0 Å². The van der Waals surface area contributed by atoms with Gasteiger partial charge in [0.25, 0.3) is 0 Å². The molecular weight excluding hydrogens is 420 g/mol. The van der Waals surface area contributed by atoms with Gasteiger partial charge in [-0.05, 0) is 68.2 Å². The van der Waals surface area contributed by atoms with E-state index >= 15 is 0 Å². The van der Waals surface area contributed by atoms with Gasteiger partial charge in [-0.2, -0.15) is 0 Å². The SMILES string of the molecule is COc1ccc2c(c1)CN(C[C@H]1CC[C@H](C(=O)N3CCN(C(=O)C4CC4)CC3)CC1)C(=O)N2. The monoisotopic (exact) mass is 454 g/mol. The first kappa shape index (κ1) is 22.0. The molecular formula is C25H34N4O4. The average molecular weight is 455 g/mol. The molecule has 0 bridgehead atoms. The van der Waals surface area contributed by atoms with Gasteiger partial charge in [0.1, 0.15) is 5.75 Å². The fourth-order valence-corrected chi connectivity index (χ4v) is 5.47. The molecule has 3 fully saturated rings. The summed E-state index contributed by atoms with van der Waals surface area (Å²) in [5.41, 5.74) is 1.92. The minimum Gasteiger partial charge on any atom is -0.497 e. The van der Waals surface area contributed by atoms with Crippen LogP contribution in [0.2, 0.25) is 0 Å². The van der Waals surface area contributed by atoms with Crippen molar-refractivity contribution < 1.29 is 19.1 Å². The number of benzene rings is 1. The summed E-state index contributed by atoms with van der Waals surface area (Å²) in [6, 6.07) is 5.68. The smallest absolute Gasteiger partial charge is 0.322 e. The van der Waals surface area contributed by atoms with Crippen LogP contribution in [0.1, 0.15) is 44.1 Å². The summed E-state index contributed by atoms with van der Waals surface area (Å²) in [6.45, 7) is 3.97. The fourth-order valence-electron chi connectivity index (χ4n) is 5.47. The van der Waals surface area contributed by atoms with Crippen molar-refractivity contribution in [3.05, 3.63) is 23.8 Å². The van der Waals surface area contributed by atoms with Gasteiger partial charge in [0.05, 0.1) is 7.11 Å². The second-order valence-corrected chi connectivity index (χ2v) is 9.98. The van der Waals surface area contributed by atoms with E-state index in [2.05, 4.69) is 5.32 Å². The first-order chi connectivity index (χ1) is 16.0. The number of amides is 4. The van der Waals surface area contributed by atoms with Crippen LogP contribution in [0.25, 0.3) is 0 Å². The Balaban J connectivity index is 1.09. The molecule has 4 amide bonds. The highest BCUT2D eigenvalue weighted by molar-refractivity contribution is 5.92. The third-order valence-corrected chi connectivity index (χ3v) is 7.71. The van der Waals surface area contributed by atoms with Gasteiger partial charge in [0, 0.05) is 56.8 Å². The van der Waals surface area contributed by atoms with E-state index in [0.29, 0.717) is 45.2 Å². The van der Waals surface area contributed by atoms with Crippen molar-refractivity contribution in [2.45, 2.75) is 45.1 Å². The number of anilines is 1. The minimum atomic E-state index is -0.0514. The van der Waals surface area contributed by atoms with E-state index in [1.807, 2.05) is 32.9 Å². The summed E-state index contributed by atoms with van der Waals surface area (Å²) in [5, 5.41) is 2.99. The second kappa shape index (κ2) is 9.23. The molecule has 0 radical (unpaired) electrons. The number of hydrogen-bond donors (Lipinski definition) is 1. The van der Waals surface area contributed by atoms with Crippen LogP contribution in [-0.2, 0) is 16.1 Å². The minimum absolute atomic E-state index is 0.0514. The van der Waals surface area contributed by atoms with Crippen LogP contribution >= 0.6 is 0 Å². The van der Waals surface area contributed by atoms with E-state index in [4.69, 9.17) is 4.74 Å². The number of carbonyl (C=O) groups excluding carboxylic acids is 3. The molecule has 8 heteroatoms. The number of carbonyl (C=O) groups is 3. The molecule has 2 aliphatic carbocycles. The maximum atomic E-state index is 13.1. The predicted octanol–water partition coefficient (Wildman–Crippen LogP) is 2.93. The van der Waals surface area contributed by atoms with Crippen LogP contribution in [0.3, 0.4) is 0 Å². The zero-order chi connectivity index (χ0) is 22.9. The average Bonchev–Trinajstić information content (AvgIpc) is 3.69. The van der Waals surface area contributed by atoms with Crippen LogP contribution in [-0.4, -0.2) is 72.4 Å². The van der Waals surface area contributed by atoms with E-state index < -0.39 is 0 Å². The maximum absolute atomic E-state index is 13.1. The number of nitrogens with one attached hydrogen (secondary N) is 1. The maximum Gasteiger partial charge on any atom is 0.322 e. The third-order valence-electron chi connectivity index (χ3n) is 7.71. The lowest BCUT2D eigenvalue weighted by molar-refractivity contribution is -0.143. The molecule has 5 rings (SSSR count). The van der Waals surface area contributed by atoms with E-state index in [1.54, 1.807) is 7.11 Å². The molecule has 2 heterocycles. The lowest BCUT2D eigenvalue weighted by Gasteiger charge is -2.39. The summed E-state index contributed by atoms with van der Waals surface area (Å²) in [4.78, 5) is 43.7. The zero-order valence-electron chi connectivity index (χ0n) is 19.4. The van der Waals surface area contributed by atoms with E-state index in [9.17, 15) is 14.4 Å². The Bertz CT molecular complexity index is 915. The Morgan fingerprint density at radius 1 is 0.939 bits per heavy atom. The highest BCUT2D eigenvalue weighted by atomic mass is 16.5. The highest BCUT2D eigenvalue weighted by Gasteiger charge is 2.37. The lowest BCUT2D eigenvalue weighted by atomic mass is 9.81. The Labute approximate surface area is 195 Å². The normalized spacial score (nSPS) is 25.4. The molecule has 2 saturated carbocycles. The first-order valence-corrected chi connectivity index (χ1v) is 12.3. The standard InChI is InChI=1S/C25H34N4O4/c1-33-21-8-9-22-20(14-21)16-29(25(32)26-22)15-17-2-4-18(5-3-17)23(30)27-10-12-28(13-11-27)24(31)19-6-7-19/h8-9,14,17-19H,2-7,10-13,15-16H2,1H3,(H,26,32)/t17-,18-. The number of fused-ring (bicyclic) bond motifs is 1. The molecule has 1 aromatic carbocycles. The lowest BCUT2D eigenvalue weighted by Crippen LogP contribution is -2.52. The van der Waals surface area contributed by atoms with Gasteiger partial charge < -0.3 is 24.8 Å². The topological polar surface area (TPSA) is 82.2 Å². The number of hydrogen-bond acceptors (Lipinski definition) is 4. The van der Waals surface area contributed by atoms with Crippen LogP contribution in [0.4, 0.5) is 10.5 Å². The van der Waals surface area contributed by atoms with E-state index in [-0.39, 0.29) is 29.7 Å². The van der Waals surface area contributed by atoms with Crippen molar-refractivity contribution in [3.63, 3.8) is 0 Å². The molecule has 1 saturated heterocycles. The van der Waals surface area contributed by atoms with Crippen molar-refractivity contribution >= 4 is 23.5 Å². The van der Waals surface area contributed by atoms with Crippen LogP contribution in [0.5, 0.6) is 5.75 Å². The number of rotatable bonds is 5. The van der Waals surface area contributed by atoms with Crippen LogP contribution in [0.15, 0.2) is 18.2 Å². The Morgan fingerprint density at radius 3 is 2.06 bits per heavy atom. The molecule has 0 aromatic heterocycles. The molecule has 0 atom stereocenters. The van der Waals surface area contributed by atoms with Crippen LogP contribution in [0, 0.1) is 17.8 Å². The molecule has 0 unspecified atom stereocenters. The summed E-state index contributed by atoms with van der Waals surface area (Å²) < 4.78 is 5.32. The number of nitrogens with zero attached hydrogens (tertiary/aromatic N) is 3.